The molecule has 0 fully saturated rings. The van der Waals surface area contributed by atoms with E-state index in [0.717, 1.165) is 18.5 Å². The number of rotatable bonds is 4. The van der Waals surface area contributed by atoms with Crippen LogP contribution < -0.4 is 5.73 Å². The third-order valence-electron chi connectivity index (χ3n) is 2.80. The van der Waals surface area contributed by atoms with Gasteiger partial charge in [-0.3, -0.25) is 4.68 Å². The highest BCUT2D eigenvalue weighted by Crippen LogP contribution is 2.15. The van der Waals surface area contributed by atoms with E-state index in [1.165, 1.54) is 5.56 Å². The molecular formula is C14H19N3. The summed E-state index contributed by atoms with van der Waals surface area (Å²) in [6.07, 6.45) is 3.61. The van der Waals surface area contributed by atoms with Crippen molar-refractivity contribution in [2.75, 3.05) is 0 Å². The summed E-state index contributed by atoms with van der Waals surface area (Å²) in [6, 6.07) is 12.4. The third-order valence-corrected chi connectivity index (χ3v) is 2.80. The lowest BCUT2D eigenvalue weighted by Gasteiger charge is -2.23. The Morgan fingerprint density at radius 1 is 1.18 bits per heavy atom. The number of nitrogens with two attached hydrogens (primary N) is 1. The molecule has 90 valence electrons. The van der Waals surface area contributed by atoms with E-state index >= 15 is 0 Å². The van der Waals surface area contributed by atoms with Crippen LogP contribution in [0.2, 0.25) is 0 Å². The first-order valence-electron chi connectivity index (χ1n) is 5.86. The van der Waals surface area contributed by atoms with E-state index in [1.807, 2.05) is 42.2 Å². The van der Waals surface area contributed by atoms with Crippen molar-refractivity contribution in [2.45, 2.75) is 25.3 Å². The van der Waals surface area contributed by atoms with Gasteiger partial charge in [0, 0.05) is 25.2 Å². The summed E-state index contributed by atoms with van der Waals surface area (Å²) < 4.78 is 1.81. The monoisotopic (exact) mass is 229 g/mol. The van der Waals surface area contributed by atoms with Crippen molar-refractivity contribution in [2.24, 2.45) is 12.8 Å². The molecule has 2 aromatic rings. The second-order valence-electron chi connectivity index (χ2n) is 4.97. The fourth-order valence-corrected chi connectivity index (χ4v) is 2.10. The molecule has 0 aliphatic carbocycles. The second kappa shape index (κ2) is 4.72. The van der Waals surface area contributed by atoms with Gasteiger partial charge < -0.3 is 5.73 Å². The maximum atomic E-state index is 6.34. The molecule has 1 heterocycles. The van der Waals surface area contributed by atoms with Gasteiger partial charge in [-0.1, -0.05) is 30.3 Å². The van der Waals surface area contributed by atoms with Crippen LogP contribution in [0.1, 0.15) is 18.2 Å². The van der Waals surface area contributed by atoms with Crippen LogP contribution in [-0.4, -0.2) is 15.3 Å². The van der Waals surface area contributed by atoms with E-state index in [0.29, 0.717) is 0 Å². The highest BCUT2D eigenvalue weighted by Gasteiger charge is 2.20. The van der Waals surface area contributed by atoms with Gasteiger partial charge in [-0.05, 0) is 25.0 Å². The smallest absolute Gasteiger partial charge is 0.0642 e. The lowest BCUT2D eigenvalue weighted by Crippen LogP contribution is -2.41. The fraction of sp³-hybridized carbons (Fsp3) is 0.357. The topological polar surface area (TPSA) is 43.8 Å². The molecular weight excluding hydrogens is 210 g/mol. The molecule has 0 radical (unpaired) electrons. The zero-order valence-electron chi connectivity index (χ0n) is 10.4. The summed E-state index contributed by atoms with van der Waals surface area (Å²) in [5, 5.41) is 4.37. The minimum absolute atomic E-state index is 0.254. The predicted molar refractivity (Wildman–Crippen MR) is 69.7 cm³/mol. The van der Waals surface area contributed by atoms with Crippen LogP contribution in [0, 0.1) is 0 Å². The van der Waals surface area contributed by atoms with Crippen LogP contribution in [0.3, 0.4) is 0 Å². The zero-order valence-corrected chi connectivity index (χ0v) is 10.4. The van der Waals surface area contributed by atoms with Crippen LogP contribution in [0.5, 0.6) is 0 Å². The lowest BCUT2D eigenvalue weighted by molar-refractivity contribution is 0.455. The van der Waals surface area contributed by atoms with Crippen molar-refractivity contribution in [3.8, 4) is 0 Å². The van der Waals surface area contributed by atoms with Crippen LogP contribution in [-0.2, 0) is 19.9 Å². The minimum Gasteiger partial charge on any atom is -0.325 e. The molecule has 1 unspecified atom stereocenters. The summed E-state index contributed by atoms with van der Waals surface area (Å²) in [5.41, 5.74) is 8.41. The number of benzene rings is 1. The highest BCUT2D eigenvalue weighted by molar-refractivity contribution is 5.18. The van der Waals surface area contributed by atoms with Crippen molar-refractivity contribution in [3.63, 3.8) is 0 Å². The molecule has 1 aromatic heterocycles. The Morgan fingerprint density at radius 2 is 1.88 bits per heavy atom. The Morgan fingerprint density at radius 3 is 2.47 bits per heavy atom. The van der Waals surface area contributed by atoms with Crippen molar-refractivity contribution < 1.29 is 0 Å². The molecule has 17 heavy (non-hydrogen) atoms. The van der Waals surface area contributed by atoms with Gasteiger partial charge in [-0.15, -0.1) is 0 Å². The summed E-state index contributed by atoms with van der Waals surface area (Å²) in [7, 11) is 1.93. The first-order valence-corrected chi connectivity index (χ1v) is 5.86. The second-order valence-corrected chi connectivity index (χ2v) is 4.97. The molecule has 0 saturated heterocycles. The summed E-state index contributed by atoms with van der Waals surface area (Å²) in [5.74, 6) is 0. The molecule has 0 saturated carbocycles. The first-order chi connectivity index (χ1) is 8.05. The van der Waals surface area contributed by atoms with E-state index in [1.54, 1.807) is 0 Å². The van der Waals surface area contributed by atoms with Crippen LogP contribution in [0.4, 0.5) is 0 Å². The van der Waals surface area contributed by atoms with E-state index in [4.69, 9.17) is 5.73 Å². The first kappa shape index (κ1) is 11.9. The van der Waals surface area contributed by atoms with Gasteiger partial charge in [0.1, 0.15) is 0 Å². The van der Waals surface area contributed by atoms with Gasteiger partial charge in [-0.25, -0.2) is 0 Å². The number of aromatic nitrogens is 2. The average molecular weight is 229 g/mol. The van der Waals surface area contributed by atoms with Crippen LogP contribution in [0.15, 0.2) is 42.6 Å². The van der Waals surface area contributed by atoms with Gasteiger partial charge in [0.05, 0.1) is 5.69 Å². The van der Waals surface area contributed by atoms with E-state index in [2.05, 4.69) is 24.2 Å². The molecule has 0 amide bonds. The SMILES string of the molecule is Cn1ccc(CC(C)(N)Cc2ccccc2)n1. The molecule has 2 N–H and O–H groups in total. The molecule has 0 aliphatic heterocycles. The van der Waals surface area contributed by atoms with Crippen molar-refractivity contribution >= 4 is 0 Å². The van der Waals surface area contributed by atoms with Gasteiger partial charge in [0.15, 0.2) is 0 Å². The van der Waals surface area contributed by atoms with Gasteiger partial charge in [-0.2, -0.15) is 5.10 Å². The van der Waals surface area contributed by atoms with Crippen LogP contribution in [0.25, 0.3) is 0 Å². The Bertz CT molecular complexity index is 471. The molecule has 2 rings (SSSR count). The molecule has 3 heteroatoms. The molecule has 3 nitrogen and oxygen atoms in total. The Hall–Kier alpha value is -1.61. The quantitative estimate of drug-likeness (QED) is 0.870. The lowest BCUT2D eigenvalue weighted by atomic mass is 9.89. The molecule has 0 spiro atoms. The van der Waals surface area contributed by atoms with Crippen molar-refractivity contribution in [1.82, 2.24) is 9.78 Å². The van der Waals surface area contributed by atoms with Crippen LogP contribution >= 0.6 is 0 Å². The largest absolute Gasteiger partial charge is 0.325 e. The van der Waals surface area contributed by atoms with Gasteiger partial charge >= 0.3 is 0 Å². The maximum absolute atomic E-state index is 6.34. The maximum Gasteiger partial charge on any atom is 0.0642 e. The third kappa shape index (κ3) is 3.43. The molecule has 1 aromatic carbocycles. The fourth-order valence-electron chi connectivity index (χ4n) is 2.10. The summed E-state index contributed by atoms with van der Waals surface area (Å²) in [4.78, 5) is 0. The normalized spacial score (nSPS) is 14.5. The Kier molecular flexibility index (Phi) is 3.29. The van der Waals surface area contributed by atoms with Crippen molar-refractivity contribution in [3.05, 3.63) is 53.9 Å². The zero-order chi connectivity index (χ0) is 12.3. The summed E-state index contributed by atoms with van der Waals surface area (Å²) in [6.45, 7) is 2.08. The highest BCUT2D eigenvalue weighted by atomic mass is 15.2. The summed E-state index contributed by atoms with van der Waals surface area (Å²) >= 11 is 0. The Balaban J connectivity index is 2.04. The van der Waals surface area contributed by atoms with E-state index < -0.39 is 0 Å². The van der Waals surface area contributed by atoms with E-state index in [-0.39, 0.29) is 5.54 Å². The van der Waals surface area contributed by atoms with Crippen molar-refractivity contribution in [1.29, 1.82) is 0 Å². The number of aryl methyl sites for hydroxylation is 1. The van der Waals surface area contributed by atoms with Gasteiger partial charge in [0.25, 0.3) is 0 Å². The number of hydrogen-bond acceptors (Lipinski definition) is 2. The van der Waals surface area contributed by atoms with E-state index in [9.17, 15) is 0 Å². The number of nitrogens with zero attached hydrogens (tertiary/aromatic N) is 2. The Labute approximate surface area is 102 Å². The molecule has 0 aliphatic rings. The average Bonchev–Trinajstić information content (AvgIpc) is 2.63. The predicted octanol–water partition coefficient (Wildman–Crippen LogP) is 1.92. The molecule has 1 atom stereocenters. The standard InChI is InChI=1S/C14H19N3/c1-14(15,10-12-6-4-3-5-7-12)11-13-8-9-17(2)16-13/h3-9H,10-11,15H2,1-2H3. The van der Waals surface area contributed by atoms with Gasteiger partial charge in [0.2, 0.25) is 0 Å². The minimum atomic E-state index is -0.254. The number of hydrogen-bond donors (Lipinski definition) is 1. The molecule has 0 bridgehead atoms.